The van der Waals surface area contributed by atoms with Crippen LogP contribution in [0, 0.1) is 40.6 Å². The van der Waals surface area contributed by atoms with Crippen molar-refractivity contribution in [2.45, 2.75) is 0 Å². The minimum absolute atomic E-state index is 0.330. The summed E-state index contributed by atoms with van der Waals surface area (Å²) in [6.45, 7) is 8.21. The Hall–Kier alpha value is -9.66. The Kier molecular flexibility index (Phi) is 8.27. The molecule has 0 aliphatic rings. The van der Waals surface area contributed by atoms with E-state index in [-0.39, 0.29) is 0 Å². The van der Waals surface area contributed by atoms with Crippen LogP contribution in [0.5, 0.6) is 0 Å². The van der Waals surface area contributed by atoms with Crippen LogP contribution >= 0.6 is 0 Å². The van der Waals surface area contributed by atoms with Crippen LogP contribution in [-0.2, 0) is 0 Å². The van der Waals surface area contributed by atoms with E-state index < -0.39 is 0 Å². The lowest BCUT2D eigenvalue weighted by Gasteiger charge is -2.28. The van der Waals surface area contributed by atoms with Gasteiger partial charge >= 0.3 is 0 Å². The second-order valence-corrected chi connectivity index (χ2v) is 16.1. The maximum atomic E-state index is 10.5. The van der Waals surface area contributed by atoms with Crippen molar-refractivity contribution < 1.29 is 0 Å². The van der Waals surface area contributed by atoms with Crippen molar-refractivity contribution >= 4 is 71.1 Å². The second kappa shape index (κ2) is 14.5. The van der Waals surface area contributed by atoms with E-state index in [1.807, 2.05) is 24.3 Å². The molecule has 0 saturated heterocycles. The summed E-state index contributed by atoms with van der Waals surface area (Å²) in [5.74, 6) is 0. The molecule has 3 aromatic heterocycles. The Morgan fingerprint density at radius 3 is 0.954 bits per heavy atom. The third kappa shape index (κ3) is 5.51. The third-order valence-electron chi connectivity index (χ3n) is 12.6. The molecule has 0 aliphatic carbocycles. The van der Waals surface area contributed by atoms with Crippen molar-refractivity contribution in [3.63, 3.8) is 0 Å². The lowest BCUT2D eigenvalue weighted by molar-refractivity contribution is 1.05. The largest absolute Gasteiger partial charge is 0.306 e. The van der Waals surface area contributed by atoms with E-state index in [9.17, 15) is 15.8 Å². The quantitative estimate of drug-likeness (QED) is 0.162. The first kappa shape index (κ1) is 37.1. The van der Waals surface area contributed by atoms with Gasteiger partial charge in [0.1, 0.15) is 0 Å². The standard InChI is InChI=1S/C58H31N7/c1-62-41-30-38(35-61)29-40(31-41)49-32-48(39-27-36(33-59)26-37(28-39)34-60)56(63-50-20-8-2-14-42(50)43-15-3-9-21-51(43)63)58(65-54-24-12-6-18-46(54)47-19-7-13-25-55(47)65)57(49)64-52-22-10-4-16-44(52)45-17-5-11-23-53(45)64/h2-32H. The molecule has 3 heterocycles. The molecule has 0 aliphatic heterocycles. The van der Waals surface area contributed by atoms with Crippen LogP contribution in [0.15, 0.2) is 188 Å². The van der Waals surface area contributed by atoms with E-state index in [4.69, 9.17) is 6.57 Å². The SMILES string of the molecule is [C-]#[N+]c1cc(C#N)cc(-c2cc(-c3cc(C#N)cc(C#N)c3)c(-n3c4ccccc4c4ccccc43)c(-n3c4ccccc4c4ccccc43)c2-n2c3ccccc3c3ccccc32)c1. The molecule has 7 heteroatoms. The van der Waals surface area contributed by atoms with Crippen LogP contribution in [0.3, 0.4) is 0 Å². The normalized spacial score (nSPS) is 11.3. The summed E-state index contributed by atoms with van der Waals surface area (Å²) >= 11 is 0. The van der Waals surface area contributed by atoms with Crippen molar-refractivity contribution in [1.82, 2.24) is 13.7 Å². The average Bonchev–Trinajstić information content (AvgIpc) is 4.01. The van der Waals surface area contributed by atoms with E-state index >= 15 is 0 Å². The molecule has 65 heavy (non-hydrogen) atoms. The Morgan fingerprint density at radius 2 is 0.631 bits per heavy atom. The van der Waals surface area contributed by atoms with Crippen molar-refractivity contribution in [2.75, 3.05) is 0 Å². The Labute approximate surface area is 372 Å². The molecule has 12 rings (SSSR count). The lowest BCUT2D eigenvalue weighted by atomic mass is 9.91. The first-order chi connectivity index (χ1) is 32.1. The summed E-state index contributed by atoms with van der Waals surface area (Å²) < 4.78 is 7.03. The van der Waals surface area contributed by atoms with Crippen LogP contribution in [0.25, 0.3) is 110 Å². The maximum absolute atomic E-state index is 10.5. The average molecular weight is 826 g/mol. The molecule has 7 nitrogen and oxygen atoms in total. The van der Waals surface area contributed by atoms with Crippen LogP contribution in [0.4, 0.5) is 5.69 Å². The number of fused-ring (bicyclic) bond motifs is 9. The van der Waals surface area contributed by atoms with Gasteiger partial charge < -0.3 is 13.7 Å². The van der Waals surface area contributed by atoms with E-state index in [1.54, 1.807) is 12.1 Å². The number of hydrogen-bond donors (Lipinski definition) is 0. The van der Waals surface area contributed by atoms with Crippen molar-refractivity contribution in [3.05, 3.63) is 216 Å². The molecule has 0 saturated carbocycles. The van der Waals surface area contributed by atoms with Gasteiger partial charge in [0.25, 0.3) is 0 Å². The number of hydrogen-bond acceptors (Lipinski definition) is 3. The fourth-order valence-corrected chi connectivity index (χ4v) is 10.1. The van der Waals surface area contributed by atoms with Gasteiger partial charge in [0.05, 0.1) is 86.1 Å². The molecule has 0 N–H and O–H groups in total. The number of rotatable bonds is 5. The Morgan fingerprint density at radius 1 is 0.338 bits per heavy atom. The molecule has 0 unspecified atom stereocenters. The van der Waals surface area contributed by atoms with Crippen LogP contribution in [0.1, 0.15) is 16.7 Å². The summed E-state index contributed by atoms with van der Waals surface area (Å²) in [6.07, 6.45) is 0. The molecule has 0 amide bonds. The zero-order chi connectivity index (χ0) is 43.8. The van der Waals surface area contributed by atoms with Gasteiger partial charge in [0.15, 0.2) is 5.69 Å². The summed E-state index contributed by atoms with van der Waals surface area (Å²) in [7, 11) is 0. The van der Waals surface area contributed by atoms with E-state index in [0.29, 0.717) is 33.5 Å². The lowest BCUT2D eigenvalue weighted by Crippen LogP contribution is -2.12. The first-order valence-electron chi connectivity index (χ1n) is 21.1. The summed E-state index contributed by atoms with van der Waals surface area (Å²) in [5, 5.41) is 37.9. The van der Waals surface area contributed by atoms with E-state index in [1.165, 1.54) is 0 Å². The molecular formula is C58H31N7. The van der Waals surface area contributed by atoms with Crippen molar-refractivity contribution in [3.8, 4) is 57.5 Å². The van der Waals surface area contributed by atoms with Gasteiger partial charge in [0.2, 0.25) is 0 Å². The minimum Gasteiger partial charge on any atom is -0.306 e. The van der Waals surface area contributed by atoms with Crippen LogP contribution < -0.4 is 0 Å². The number of nitrogens with zero attached hydrogens (tertiary/aromatic N) is 7. The fourth-order valence-electron chi connectivity index (χ4n) is 10.1. The molecule has 0 fully saturated rings. The predicted octanol–water partition coefficient (Wildman–Crippen LogP) is 14.5. The first-order valence-corrected chi connectivity index (χ1v) is 21.1. The highest BCUT2D eigenvalue weighted by atomic mass is 15.1. The van der Waals surface area contributed by atoms with Gasteiger partial charge in [-0.05, 0) is 90.0 Å². The highest BCUT2D eigenvalue weighted by Crippen LogP contribution is 2.50. The molecule has 298 valence electrons. The van der Waals surface area contributed by atoms with E-state index in [0.717, 1.165) is 93.6 Å². The molecule has 0 atom stereocenters. The van der Waals surface area contributed by atoms with Crippen molar-refractivity contribution in [1.29, 1.82) is 15.8 Å². The number of nitriles is 3. The highest BCUT2D eigenvalue weighted by Gasteiger charge is 2.31. The summed E-state index contributed by atoms with van der Waals surface area (Å²) in [5.41, 5.74) is 12.5. The Balaban J connectivity index is 1.45. The van der Waals surface area contributed by atoms with Crippen LogP contribution in [0.2, 0.25) is 0 Å². The van der Waals surface area contributed by atoms with Crippen molar-refractivity contribution in [2.24, 2.45) is 0 Å². The summed E-state index contributed by atoms with van der Waals surface area (Å²) in [6, 6.07) is 70.4. The summed E-state index contributed by atoms with van der Waals surface area (Å²) in [4.78, 5) is 3.87. The van der Waals surface area contributed by atoms with Gasteiger partial charge in [-0.3, -0.25) is 0 Å². The second-order valence-electron chi connectivity index (χ2n) is 16.1. The topological polar surface area (TPSA) is 90.5 Å². The van der Waals surface area contributed by atoms with Gasteiger partial charge in [-0.15, -0.1) is 0 Å². The monoisotopic (exact) mass is 825 g/mol. The molecule has 0 radical (unpaired) electrons. The zero-order valence-corrected chi connectivity index (χ0v) is 34.5. The molecule has 0 spiro atoms. The molecular weight excluding hydrogens is 795 g/mol. The highest BCUT2D eigenvalue weighted by molar-refractivity contribution is 6.15. The minimum atomic E-state index is 0.330. The molecule has 12 aromatic rings. The number of aromatic nitrogens is 3. The van der Waals surface area contributed by atoms with Gasteiger partial charge in [-0.1, -0.05) is 109 Å². The maximum Gasteiger partial charge on any atom is 0.189 e. The smallest absolute Gasteiger partial charge is 0.189 e. The van der Waals surface area contributed by atoms with E-state index in [2.05, 4.69) is 188 Å². The molecule has 0 bridgehead atoms. The number of benzene rings is 9. The van der Waals surface area contributed by atoms with Crippen LogP contribution in [-0.4, -0.2) is 13.7 Å². The van der Waals surface area contributed by atoms with Gasteiger partial charge in [-0.2, -0.15) is 15.8 Å². The zero-order valence-electron chi connectivity index (χ0n) is 34.5. The number of para-hydroxylation sites is 6. The van der Waals surface area contributed by atoms with Gasteiger partial charge in [0, 0.05) is 49.0 Å². The predicted molar refractivity (Wildman–Crippen MR) is 261 cm³/mol. The fraction of sp³-hybridized carbons (Fsp3) is 0. The Bertz CT molecular complexity index is 3750. The van der Waals surface area contributed by atoms with Gasteiger partial charge in [-0.25, -0.2) is 4.85 Å². The third-order valence-corrected chi connectivity index (χ3v) is 12.6. The molecule has 9 aromatic carbocycles.